The van der Waals surface area contributed by atoms with Gasteiger partial charge in [-0.1, -0.05) is 19.1 Å². The van der Waals surface area contributed by atoms with Crippen LogP contribution in [0.25, 0.3) is 0 Å². The number of nitrogens with one attached hydrogen (secondary N) is 1. The summed E-state index contributed by atoms with van der Waals surface area (Å²) in [4.78, 5) is 24.5. The van der Waals surface area contributed by atoms with E-state index in [1.54, 1.807) is 0 Å². The molecule has 1 saturated heterocycles. The third-order valence-corrected chi connectivity index (χ3v) is 5.42. The second-order valence-electron chi connectivity index (χ2n) is 6.46. The number of benzene rings is 1. The maximum atomic E-state index is 12.6. The van der Waals surface area contributed by atoms with Gasteiger partial charge in [0.2, 0.25) is 5.91 Å². The normalized spacial score (nSPS) is 35.9. The Morgan fingerprint density at radius 3 is 2.76 bits per heavy atom. The van der Waals surface area contributed by atoms with Crippen molar-refractivity contribution in [1.82, 2.24) is 0 Å². The molecule has 3 fully saturated rings. The highest BCUT2D eigenvalue weighted by Crippen LogP contribution is 2.57. The second kappa shape index (κ2) is 4.58. The van der Waals surface area contributed by atoms with Crippen molar-refractivity contribution < 1.29 is 14.3 Å². The van der Waals surface area contributed by atoms with E-state index in [2.05, 4.69) is 12.2 Å². The van der Waals surface area contributed by atoms with E-state index in [0.717, 1.165) is 24.9 Å². The Kier molecular flexibility index (Phi) is 2.81. The molecule has 2 saturated carbocycles. The fraction of sp³-hybridized carbons (Fsp3) is 0.529. The molecule has 0 radical (unpaired) electrons. The summed E-state index contributed by atoms with van der Waals surface area (Å²) in [6.07, 6.45) is 2.89. The summed E-state index contributed by atoms with van der Waals surface area (Å²) < 4.78 is 5.38. The minimum atomic E-state index is -0.205. The highest BCUT2D eigenvalue weighted by molar-refractivity contribution is 5.96. The van der Waals surface area contributed by atoms with Gasteiger partial charge in [0, 0.05) is 11.6 Å². The van der Waals surface area contributed by atoms with E-state index in [9.17, 15) is 9.59 Å². The minimum absolute atomic E-state index is 0.0194. The maximum absolute atomic E-state index is 12.6. The van der Waals surface area contributed by atoms with Crippen LogP contribution >= 0.6 is 0 Å². The number of amides is 1. The first kappa shape index (κ1) is 12.9. The average molecular weight is 285 g/mol. The van der Waals surface area contributed by atoms with Crippen LogP contribution in [0.5, 0.6) is 0 Å². The zero-order chi connectivity index (χ0) is 14.6. The Labute approximate surface area is 123 Å². The van der Waals surface area contributed by atoms with Crippen LogP contribution in [0, 0.1) is 23.7 Å². The number of carbonyl (C=O) groups excluding carboxylic acids is 2. The van der Waals surface area contributed by atoms with Crippen LogP contribution in [0.1, 0.15) is 25.3 Å². The lowest BCUT2D eigenvalue weighted by molar-refractivity contribution is -0.145. The topological polar surface area (TPSA) is 55.4 Å². The summed E-state index contributed by atoms with van der Waals surface area (Å²) in [6.45, 7) is 2.10. The highest BCUT2D eigenvalue weighted by Gasteiger charge is 2.63. The Morgan fingerprint density at radius 2 is 2.05 bits per heavy atom. The van der Waals surface area contributed by atoms with E-state index >= 15 is 0 Å². The summed E-state index contributed by atoms with van der Waals surface area (Å²) in [5.41, 5.74) is 2.05. The minimum Gasteiger partial charge on any atom is -0.462 e. The standard InChI is InChI=1S/C17H19NO3/c1-2-9-3-5-11(6-4-9)18-16(19)14-10-7-12-13(8-10)21-17(20)15(12)14/h3-6,10,12-15H,2,7-8H2,1H3,(H,18,19)/t10-,12+,13-,14-,15-/m1/s1. The molecule has 1 heterocycles. The Balaban J connectivity index is 1.51. The smallest absolute Gasteiger partial charge is 0.310 e. The van der Waals surface area contributed by atoms with Gasteiger partial charge < -0.3 is 10.1 Å². The number of carbonyl (C=O) groups is 2. The molecule has 4 nitrogen and oxygen atoms in total. The molecule has 3 aliphatic rings. The van der Waals surface area contributed by atoms with Crippen molar-refractivity contribution in [3.63, 3.8) is 0 Å². The number of esters is 1. The van der Waals surface area contributed by atoms with Crippen molar-refractivity contribution in [2.45, 2.75) is 32.3 Å². The maximum Gasteiger partial charge on any atom is 0.310 e. The molecular weight excluding hydrogens is 266 g/mol. The number of rotatable bonds is 3. The zero-order valence-electron chi connectivity index (χ0n) is 12.0. The quantitative estimate of drug-likeness (QED) is 0.868. The number of aryl methyl sites for hydroxylation is 1. The lowest BCUT2D eigenvalue weighted by Gasteiger charge is -2.23. The molecule has 4 heteroatoms. The van der Waals surface area contributed by atoms with Crippen molar-refractivity contribution >= 4 is 17.6 Å². The first-order valence-electron chi connectivity index (χ1n) is 7.77. The van der Waals surface area contributed by atoms with Gasteiger partial charge in [-0.3, -0.25) is 9.59 Å². The lowest BCUT2D eigenvalue weighted by atomic mass is 9.79. The van der Waals surface area contributed by atoms with Crippen molar-refractivity contribution in [1.29, 1.82) is 0 Å². The van der Waals surface area contributed by atoms with Gasteiger partial charge >= 0.3 is 5.97 Å². The fourth-order valence-electron chi connectivity index (χ4n) is 4.41. The lowest BCUT2D eigenvalue weighted by Crippen LogP contribution is -2.35. The third kappa shape index (κ3) is 1.88. The van der Waals surface area contributed by atoms with Crippen LogP contribution in [0.2, 0.25) is 0 Å². The van der Waals surface area contributed by atoms with Gasteiger partial charge in [0.25, 0.3) is 0 Å². The predicted molar refractivity (Wildman–Crippen MR) is 77.5 cm³/mol. The molecule has 0 aromatic heterocycles. The van der Waals surface area contributed by atoms with Crippen molar-refractivity contribution in [2.24, 2.45) is 23.7 Å². The van der Waals surface area contributed by atoms with Crippen LogP contribution < -0.4 is 5.32 Å². The molecule has 1 amide bonds. The average Bonchev–Trinajstić information content (AvgIpc) is 3.09. The summed E-state index contributed by atoms with van der Waals surface area (Å²) >= 11 is 0. The number of hydrogen-bond donors (Lipinski definition) is 1. The molecule has 110 valence electrons. The molecule has 5 atom stereocenters. The monoisotopic (exact) mass is 285 g/mol. The van der Waals surface area contributed by atoms with Crippen molar-refractivity contribution in [3.05, 3.63) is 29.8 Å². The third-order valence-electron chi connectivity index (χ3n) is 5.42. The SMILES string of the molecule is CCc1ccc(NC(=O)[C@@H]2[C@@H]3C[C@@H]4[C@H]2C(=O)O[C@@H]4C3)cc1. The Morgan fingerprint density at radius 1 is 1.29 bits per heavy atom. The van der Waals surface area contributed by atoms with Crippen molar-refractivity contribution in [3.8, 4) is 0 Å². The van der Waals surface area contributed by atoms with E-state index in [1.807, 2.05) is 24.3 Å². The summed E-state index contributed by atoms with van der Waals surface area (Å²) in [6, 6.07) is 7.91. The molecule has 1 aromatic carbocycles. The van der Waals surface area contributed by atoms with Crippen molar-refractivity contribution in [2.75, 3.05) is 5.32 Å². The Bertz CT molecular complexity index is 593. The molecule has 4 rings (SSSR count). The Hall–Kier alpha value is -1.84. The van der Waals surface area contributed by atoms with Crippen LogP contribution in [-0.2, 0) is 20.7 Å². The number of hydrogen-bond acceptors (Lipinski definition) is 3. The first-order valence-corrected chi connectivity index (χ1v) is 7.77. The molecule has 1 aliphatic heterocycles. The highest BCUT2D eigenvalue weighted by atomic mass is 16.6. The summed E-state index contributed by atoms with van der Waals surface area (Å²) in [5, 5.41) is 2.98. The molecule has 2 aliphatic carbocycles. The molecule has 2 bridgehead atoms. The van der Waals surface area contributed by atoms with Gasteiger partial charge in [-0.05, 0) is 42.9 Å². The van der Waals surface area contributed by atoms with Gasteiger partial charge in [-0.15, -0.1) is 0 Å². The van der Waals surface area contributed by atoms with Crippen LogP contribution in [0.3, 0.4) is 0 Å². The summed E-state index contributed by atoms with van der Waals surface area (Å²) in [7, 11) is 0. The van der Waals surface area contributed by atoms with Crippen LogP contribution in [0.15, 0.2) is 24.3 Å². The number of ether oxygens (including phenoxy) is 1. The molecular formula is C17H19NO3. The van der Waals surface area contributed by atoms with E-state index in [0.29, 0.717) is 5.92 Å². The molecule has 1 aromatic rings. The van der Waals surface area contributed by atoms with Gasteiger partial charge in [0.15, 0.2) is 0 Å². The number of fused-ring (bicyclic) bond motifs is 1. The molecule has 21 heavy (non-hydrogen) atoms. The van der Waals surface area contributed by atoms with E-state index in [-0.39, 0.29) is 35.7 Å². The molecule has 0 unspecified atom stereocenters. The summed E-state index contributed by atoms with van der Waals surface area (Å²) in [5.74, 6) is 0.00313. The predicted octanol–water partition coefficient (Wildman–Crippen LogP) is 2.39. The van der Waals surface area contributed by atoms with E-state index < -0.39 is 0 Å². The molecule has 1 N–H and O–H groups in total. The fourth-order valence-corrected chi connectivity index (χ4v) is 4.41. The largest absolute Gasteiger partial charge is 0.462 e. The van der Waals surface area contributed by atoms with Gasteiger partial charge in [0.05, 0.1) is 11.8 Å². The zero-order valence-corrected chi connectivity index (χ0v) is 12.0. The number of anilines is 1. The van der Waals surface area contributed by atoms with Crippen LogP contribution in [-0.4, -0.2) is 18.0 Å². The molecule has 0 spiro atoms. The second-order valence-corrected chi connectivity index (χ2v) is 6.46. The van der Waals surface area contributed by atoms with E-state index in [1.165, 1.54) is 5.56 Å². The first-order chi connectivity index (χ1) is 10.2. The van der Waals surface area contributed by atoms with Gasteiger partial charge in [-0.2, -0.15) is 0 Å². The van der Waals surface area contributed by atoms with Gasteiger partial charge in [0.1, 0.15) is 6.10 Å². The van der Waals surface area contributed by atoms with Gasteiger partial charge in [-0.25, -0.2) is 0 Å². The van der Waals surface area contributed by atoms with Crippen LogP contribution in [0.4, 0.5) is 5.69 Å². The van der Waals surface area contributed by atoms with E-state index in [4.69, 9.17) is 4.74 Å².